The minimum absolute atomic E-state index is 0.199. The lowest BCUT2D eigenvalue weighted by Gasteiger charge is -2.13. The molecule has 0 saturated carbocycles. The first kappa shape index (κ1) is 18.1. The molecule has 0 bridgehead atoms. The van der Waals surface area contributed by atoms with Crippen molar-refractivity contribution in [3.8, 4) is 0 Å². The van der Waals surface area contributed by atoms with Crippen LogP contribution in [0.3, 0.4) is 0 Å². The number of para-hydroxylation sites is 1. The van der Waals surface area contributed by atoms with E-state index in [2.05, 4.69) is 9.97 Å². The first-order valence-electron chi connectivity index (χ1n) is 8.10. The SMILES string of the molecule is C[C@H](OC(=O)CCSc1ccc(F)cc1)c1nc2ccccc2c(=O)[nH]1. The molecule has 0 amide bonds. The van der Waals surface area contributed by atoms with Gasteiger partial charge < -0.3 is 9.72 Å². The molecule has 7 heteroatoms. The maximum Gasteiger partial charge on any atom is 0.307 e. The van der Waals surface area contributed by atoms with Gasteiger partial charge in [-0.15, -0.1) is 11.8 Å². The molecule has 0 aliphatic rings. The molecule has 0 spiro atoms. The highest BCUT2D eigenvalue weighted by molar-refractivity contribution is 7.99. The zero-order chi connectivity index (χ0) is 18.5. The van der Waals surface area contributed by atoms with Crippen molar-refractivity contribution in [1.82, 2.24) is 9.97 Å². The van der Waals surface area contributed by atoms with Crippen LogP contribution in [-0.2, 0) is 9.53 Å². The van der Waals surface area contributed by atoms with Crippen molar-refractivity contribution in [2.24, 2.45) is 0 Å². The maximum atomic E-state index is 12.9. The summed E-state index contributed by atoms with van der Waals surface area (Å²) in [5.41, 5.74) is 0.293. The fraction of sp³-hybridized carbons (Fsp3) is 0.211. The van der Waals surface area contributed by atoms with Crippen molar-refractivity contribution in [2.75, 3.05) is 5.75 Å². The Morgan fingerprint density at radius 3 is 2.73 bits per heavy atom. The van der Waals surface area contributed by atoms with Crippen LogP contribution in [0.25, 0.3) is 10.9 Å². The third kappa shape index (κ3) is 4.49. The number of halogens is 1. The van der Waals surface area contributed by atoms with Crippen LogP contribution in [0.4, 0.5) is 4.39 Å². The van der Waals surface area contributed by atoms with Crippen LogP contribution in [0.5, 0.6) is 0 Å². The van der Waals surface area contributed by atoms with E-state index in [1.165, 1.54) is 23.9 Å². The van der Waals surface area contributed by atoms with E-state index in [0.29, 0.717) is 22.5 Å². The first-order chi connectivity index (χ1) is 12.5. The number of aromatic amines is 1. The minimum Gasteiger partial charge on any atom is -0.454 e. The van der Waals surface area contributed by atoms with E-state index in [9.17, 15) is 14.0 Å². The van der Waals surface area contributed by atoms with Gasteiger partial charge in [-0.2, -0.15) is 0 Å². The smallest absolute Gasteiger partial charge is 0.307 e. The monoisotopic (exact) mass is 372 g/mol. The predicted molar refractivity (Wildman–Crippen MR) is 98.6 cm³/mol. The highest BCUT2D eigenvalue weighted by atomic mass is 32.2. The zero-order valence-corrected chi connectivity index (χ0v) is 14.9. The number of benzene rings is 2. The fourth-order valence-corrected chi connectivity index (χ4v) is 3.22. The van der Waals surface area contributed by atoms with Crippen LogP contribution < -0.4 is 5.56 Å². The number of carbonyl (C=O) groups excluding carboxylic acids is 1. The summed E-state index contributed by atoms with van der Waals surface area (Å²) < 4.78 is 18.2. The molecule has 3 aromatic rings. The van der Waals surface area contributed by atoms with Crippen LogP contribution in [0.1, 0.15) is 25.3 Å². The lowest BCUT2D eigenvalue weighted by Crippen LogP contribution is -2.17. The Labute approximate surface area is 153 Å². The predicted octanol–water partition coefficient (Wildman–Crippen LogP) is 3.85. The molecule has 0 fully saturated rings. The molecule has 0 saturated heterocycles. The zero-order valence-electron chi connectivity index (χ0n) is 14.1. The van der Waals surface area contributed by atoms with Crippen molar-refractivity contribution in [3.05, 3.63) is 70.5 Å². The van der Waals surface area contributed by atoms with Gasteiger partial charge in [0.2, 0.25) is 0 Å². The maximum absolute atomic E-state index is 12.9. The molecule has 2 aromatic carbocycles. The molecule has 1 atom stereocenters. The van der Waals surface area contributed by atoms with E-state index in [1.54, 1.807) is 43.3 Å². The number of hydrogen-bond acceptors (Lipinski definition) is 5. The average Bonchev–Trinajstić information content (AvgIpc) is 2.63. The van der Waals surface area contributed by atoms with E-state index in [4.69, 9.17) is 4.74 Å². The summed E-state index contributed by atoms with van der Waals surface area (Å²) in [6.45, 7) is 1.66. The molecule has 0 aliphatic carbocycles. The highest BCUT2D eigenvalue weighted by Crippen LogP contribution is 2.20. The molecule has 0 aliphatic heterocycles. The number of nitrogens with zero attached hydrogens (tertiary/aromatic N) is 1. The van der Waals surface area contributed by atoms with Crippen LogP contribution in [0, 0.1) is 5.82 Å². The van der Waals surface area contributed by atoms with Crippen molar-refractivity contribution in [1.29, 1.82) is 0 Å². The summed E-state index contributed by atoms with van der Waals surface area (Å²) in [5.74, 6) is 0.148. The molecule has 3 rings (SSSR count). The molecule has 1 heterocycles. The van der Waals surface area contributed by atoms with Gasteiger partial charge in [-0.1, -0.05) is 12.1 Å². The quantitative estimate of drug-likeness (QED) is 0.526. The van der Waals surface area contributed by atoms with Gasteiger partial charge in [-0.05, 0) is 43.3 Å². The van der Waals surface area contributed by atoms with E-state index >= 15 is 0 Å². The van der Waals surface area contributed by atoms with Crippen LogP contribution >= 0.6 is 11.8 Å². The second-order valence-electron chi connectivity index (χ2n) is 5.65. The van der Waals surface area contributed by atoms with E-state index < -0.39 is 6.10 Å². The second-order valence-corrected chi connectivity index (χ2v) is 6.82. The van der Waals surface area contributed by atoms with Gasteiger partial charge in [0.15, 0.2) is 11.9 Å². The molecule has 0 radical (unpaired) electrons. The number of fused-ring (bicyclic) bond motifs is 1. The van der Waals surface area contributed by atoms with Crippen molar-refractivity contribution >= 4 is 28.6 Å². The summed E-state index contributed by atoms with van der Waals surface area (Å²) >= 11 is 1.44. The molecule has 1 aromatic heterocycles. The van der Waals surface area contributed by atoms with Gasteiger partial charge in [0.05, 0.1) is 17.3 Å². The Hall–Kier alpha value is -2.67. The fourth-order valence-electron chi connectivity index (χ4n) is 2.39. The summed E-state index contributed by atoms with van der Waals surface area (Å²) in [5, 5.41) is 0.491. The number of rotatable bonds is 6. The number of H-pyrrole nitrogens is 1. The van der Waals surface area contributed by atoms with Gasteiger partial charge >= 0.3 is 5.97 Å². The molecule has 1 N–H and O–H groups in total. The van der Waals surface area contributed by atoms with Crippen molar-refractivity contribution < 1.29 is 13.9 Å². The summed E-state index contributed by atoms with van der Waals surface area (Å²) in [6.07, 6.45) is -0.458. The molecule has 5 nitrogen and oxygen atoms in total. The topological polar surface area (TPSA) is 72.0 Å². The third-order valence-electron chi connectivity index (χ3n) is 3.71. The Bertz CT molecular complexity index is 972. The summed E-state index contributed by atoms with van der Waals surface area (Å²) in [7, 11) is 0. The number of hydrogen-bond donors (Lipinski definition) is 1. The summed E-state index contributed by atoms with van der Waals surface area (Å²) in [6, 6.07) is 13.1. The standard InChI is InChI=1S/C19H17FN2O3S/c1-12(18-21-16-5-3-2-4-15(16)19(24)22-18)25-17(23)10-11-26-14-8-6-13(20)7-9-14/h2-9,12H,10-11H2,1H3,(H,21,22,24)/t12-/m0/s1. The number of esters is 1. The Morgan fingerprint density at radius 1 is 1.23 bits per heavy atom. The number of nitrogens with one attached hydrogen (secondary N) is 1. The number of thioether (sulfide) groups is 1. The van der Waals surface area contributed by atoms with Crippen LogP contribution in [-0.4, -0.2) is 21.7 Å². The Kier molecular flexibility index (Phi) is 5.68. The van der Waals surface area contributed by atoms with E-state index in [0.717, 1.165) is 4.90 Å². The molecule has 134 valence electrons. The lowest BCUT2D eigenvalue weighted by molar-refractivity contribution is -0.148. The molecule has 26 heavy (non-hydrogen) atoms. The number of aromatic nitrogens is 2. The Balaban J connectivity index is 1.57. The number of carbonyl (C=O) groups is 1. The number of ether oxygens (including phenoxy) is 1. The molecular weight excluding hydrogens is 355 g/mol. The van der Waals surface area contributed by atoms with E-state index in [1.807, 2.05) is 0 Å². The third-order valence-corrected chi connectivity index (χ3v) is 4.73. The normalized spacial score (nSPS) is 12.1. The summed E-state index contributed by atoms with van der Waals surface area (Å²) in [4.78, 5) is 32.0. The lowest BCUT2D eigenvalue weighted by atomic mass is 10.2. The Morgan fingerprint density at radius 2 is 1.96 bits per heavy atom. The first-order valence-corrected chi connectivity index (χ1v) is 9.08. The van der Waals surface area contributed by atoms with Gasteiger partial charge in [-0.25, -0.2) is 9.37 Å². The van der Waals surface area contributed by atoms with Gasteiger partial charge in [0, 0.05) is 10.6 Å². The van der Waals surface area contributed by atoms with Gasteiger partial charge in [0.25, 0.3) is 5.56 Å². The largest absolute Gasteiger partial charge is 0.454 e. The second kappa shape index (κ2) is 8.14. The average molecular weight is 372 g/mol. The van der Waals surface area contributed by atoms with Crippen molar-refractivity contribution in [2.45, 2.75) is 24.3 Å². The minimum atomic E-state index is -0.657. The van der Waals surface area contributed by atoms with Crippen LogP contribution in [0.2, 0.25) is 0 Å². The van der Waals surface area contributed by atoms with Gasteiger partial charge in [0.1, 0.15) is 5.82 Å². The van der Waals surface area contributed by atoms with Crippen molar-refractivity contribution in [3.63, 3.8) is 0 Å². The van der Waals surface area contributed by atoms with Gasteiger partial charge in [-0.3, -0.25) is 9.59 Å². The molecule has 0 unspecified atom stereocenters. The highest BCUT2D eigenvalue weighted by Gasteiger charge is 2.15. The van der Waals surface area contributed by atoms with Crippen LogP contribution in [0.15, 0.2) is 58.2 Å². The molecular formula is C19H17FN2O3S. The van der Waals surface area contributed by atoms with E-state index in [-0.39, 0.29) is 23.8 Å².